The van der Waals surface area contributed by atoms with Gasteiger partial charge in [0.15, 0.2) is 0 Å². The number of sulfonamides is 1. The largest absolute Gasteiger partial charge is 0.494 e. The Bertz CT molecular complexity index is 893. The van der Waals surface area contributed by atoms with Gasteiger partial charge in [-0.1, -0.05) is 18.2 Å². The highest BCUT2D eigenvalue weighted by Gasteiger charge is 2.28. The summed E-state index contributed by atoms with van der Waals surface area (Å²) in [5.41, 5.74) is 0.590. The molecule has 1 heterocycles. The third-order valence-electron chi connectivity index (χ3n) is 4.85. The Kier molecular flexibility index (Phi) is 7.24. The number of ether oxygens (including phenoxy) is 1. The van der Waals surface area contributed by atoms with Gasteiger partial charge in [0, 0.05) is 44.8 Å². The van der Waals surface area contributed by atoms with Crippen molar-refractivity contribution < 1.29 is 17.9 Å². The van der Waals surface area contributed by atoms with Crippen molar-refractivity contribution in [1.82, 2.24) is 14.5 Å². The third kappa shape index (κ3) is 5.56. The Morgan fingerprint density at radius 1 is 1.00 bits per heavy atom. The van der Waals surface area contributed by atoms with Crippen LogP contribution in [0.1, 0.15) is 17.3 Å². The van der Waals surface area contributed by atoms with E-state index in [1.165, 1.54) is 4.31 Å². The maximum absolute atomic E-state index is 12.7. The van der Waals surface area contributed by atoms with Crippen LogP contribution in [0.4, 0.5) is 0 Å². The molecule has 0 radical (unpaired) electrons. The molecule has 1 saturated heterocycles. The second kappa shape index (κ2) is 9.87. The zero-order valence-electron chi connectivity index (χ0n) is 16.6. The molecular formula is C21H27N3O4S. The van der Waals surface area contributed by atoms with Gasteiger partial charge >= 0.3 is 0 Å². The second-order valence-electron chi connectivity index (χ2n) is 6.77. The van der Waals surface area contributed by atoms with E-state index in [1.54, 1.807) is 54.6 Å². The maximum Gasteiger partial charge on any atom is 0.251 e. The summed E-state index contributed by atoms with van der Waals surface area (Å²) in [7, 11) is -3.44. The van der Waals surface area contributed by atoms with Gasteiger partial charge in [0.25, 0.3) is 5.91 Å². The first-order valence-electron chi connectivity index (χ1n) is 9.79. The van der Waals surface area contributed by atoms with Gasteiger partial charge in [-0.3, -0.25) is 9.69 Å². The van der Waals surface area contributed by atoms with Gasteiger partial charge in [-0.25, -0.2) is 8.42 Å². The molecule has 7 nitrogen and oxygen atoms in total. The van der Waals surface area contributed by atoms with Crippen molar-refractivity contribution in [2.75, 3.05) is 45.9 Å². The van der Waals surface area contributed by atoms with Crippen molar-refractivity contribution in [3.8, 4) is 5.75 Å². The van der Waals surface area contributed by atoms with E-state index >= 15 is 0 Å². The number of carbonyl (C=O) groups is 1. The van der Waals surface area contributed by atoms with Crippen molar-refractivity contribution in [2.45, 2.75) is 11.8 Å². The molecule has 1 fully saturated rings. The molecule has 2 aromatic carbocycles. The lowest BCUT2D eigenvalue weighted by molar-refractivity contribution is 0.0945. The summed E-state index contributed by atoms with van der Waals surface area (Å²) >= 11 is 0. The molecule has 1 amide bonds. The monoisotopic (exact) mass is 417 g/mol. The number of piperazine rings is 1. The van der Waals surface area contributed by atoms with Crippen LogP contribution in [-0.2, 0) is 10.0 Å². The minimum atomic E-state index is -3.44. The molecule has 156 valence electrons. The van der Waals surface area contributed by atoms with E-state index < -0.39 is 10.0 Å². The number of nitrogens with zero attached hydrogens (tertiary/aromatic N) is 2. The topological polar surface area (TPSA) is 79.0 Å². The van der Waals surface area contributed by atoms with Crippen LogP contribution in [-0.4, -0.2) is 69.4 Å². The summed E-state index contributed by atoms with van der Waals surface area (Å²) < 4.78 is 32.2. The van der Waals surface area contributed by atoms with E-state index in [9.17, 15) is 13.2 Å². The van der Waals surface area contributed by atoms with E-state index in [-0.39, 0.29) is 5.91 Å². The lowest BCUT2D eigenvalue weighted by atomic mass is 10.2. The standard InChI is InChI=1S/C21H27N3O4S/c1-2-28-19-10-8-18(9-11-19)21(25)22-12-13-23-14-16-24(17-15-23)29(26,27)20-6-4-3-5-7-20/h3-11H,2,12-17H2,1H3,(H,22,25). The smallest absolute Gasteiger partial charge is 0.251 e. The van der Waals surface area contributed by atoms with Gasteiger partial charge in [-0.2, -0.15) is 4.31 Å². The first-order valence-corrected chi connectivity index (χ1v) is 11.2. The van der Waals surface area contributed by atoms with Crippen LogP contribution in [0.5, 0.6) is 5.75 Å². The molecule has 0 unspecified atom stereocenters. The maximum atomic E-state index is 12.7. The molecular weight excluding hydrogens is 390 g/mol. The van der Waals surface area contributed by atoms with Crippen molar-refractivity contribution >= 4 is 15.9 Å². The fourth-order valence-electron chi connectivity index (χ4n) is 3.23. The molecule has 1 aliphatic rings. The Balaban J connectivity index is 1.42. The van der Waals surface area contributed by atoms with Crippen LogP contribution < -0.4 is 10.1 Å². The van der Waals surface area contributed by atoms with Gasteiger partial charge in [-0.15, -0.1) is 0 Å². The number of amides is 1. The van der Waals surface area contributed by atoms with Crippen LogP contribution >= 0.6 is 0 Å². The lowest BCUT2D eigenvalue weighted by Gasteiger charge is -2.33. The Hall–Kier alpha value is -2.42. The molecule has 2 aromatic rings. The number of rotatable bonds is 8. The molecule has 0 bridgehead atoms. The Morgan fingerprint density at radius 3 is 2.28 bits per heavy atom. The van der Waals surface area contributed by atoms with Crippen LogP contribution in [0.2, 0.25) is 0 Å². The highest BCUT2D eigenvalue weighted by molar-refractivity contribution is 7.89. The SMILES string of the molecule is CCOc1ccc(C(=O)NCCN2CCN(S(=O)(=O)c3ccccc3)CC2)cc1. The average Bonchev–Trinajstić information content (AvgIpc) is 2.75. The van der Waals surface area contributed by atoms with Crippen LogP contribution in [0, 0.1) is 0 Å². The molecule has 1 N–H and O–H groups in total. The lowest BCUT2D eigenvalue weighted by Crippen LogP contribution is -2.50. The molecule has 1 aliphatic heterocycles. The zero-order chi connectivity index (χ0) is 20.7. The predicted octanol–water partition coefficient (Wildman–Crippen LogP) is 1.82. The van der Waals surface area contributed by atoms with Crippen molar-refractivity contribution in [1.29, 1.82) is 0 Å². The summed E-state index contributed by atoms with van der Waals surface area (Å²) in [5, 5.41) is 2.91. The van der Waals surface area contributed by atoms with Crippen LogP contribution in [0.15, 0.2) is 59.5 Å². The summed E-state index contributed by atoms with van der Waals surface area (Å²) in [6, 6.07) is 15.6. The molecule has 0 atom stereocenters. The van der Waals surface area contributed by atoms with Crippen molar-refractivity contribution in [3.05, 3.63) is 60.2 Å². The first kappa shape index (κ1) is 21.3. The highest BCUT2D eigenvalue weighted by atomic mass is 32.2. The highest BCUT2D eigenvalue weighted by Crippen LogP contribution is 2.17. The summed E-state index contributed by atoms with van der Waals surface area (Å²) in [6.07, 6.45) is 0. The number of hydrogen-bond donors (Lipinski definition) is 1. The van der Waals surface area contributed by atoms with Gasteiger partial charge in [0.05, 0.1) is 11.5 Å². The van der Waals surface area contributed by atoms with Gasteiger partial charge in [0.2, 0.25) is 10.0 Å². The molecule has 0 saturated carbocycles. The molecule has 3 rings (SSSR count). The molecule has 29 heavy (non-hydrogen) atoms. The predicted molar refractivity (Wildman–Crippen MR) is 112 cm³/mol. The van der Waals surface area contributed by atoms with Crippen molar-refractivity contribution in [2.24, 2.45) is 0 Å². The summed E-state index contributed by atoms with van der Waals surface area (Å²) in [5.74, 6) is 0.616. The van der Waals surface area contributed by atoms with E-state index in [0.29, 0.717) is 56.3 Å². The van der Waals surface area contributed by atoms with E-state index in [4.69, 9.17) is 4.74 Å². The van der Waals surface area contributed by atoms with Gasteiger partial charge < -0.3 is 10.1 Å². The van der Waals surface area contributed by atoms with Gasteiger partial charge in [0.1, 0.15) is 5.75 Å². The number of benzene rings is 2. The number of hydrogen-bond acceptors (Lipinski definition) is 5. The fourth-order valence-corrected chi connectivity index (χ4v) is 4.68. The average molecular weight is 418 g/mol. The zero-order valence-corrected chi connectivity index (χ0v) is 17.4. The molecule has 8 heteroatoms. The molecule has 0 aromatic heterocycles. The van der Waals surface area contributed by atoms with Crippen LogP contribution in [0.3, 0.4) is 0 Å². The van der Waals surface area contributed by atoms with E-state index in [2.05, 4.69) is 10.2 Å². The fraction of sp³-hybridized carbons (Fsp3) is 0.381. The second-order valence-corrected chi connectivity index (χ2v) is 8.71. The quantitative estimate of drug-likeness (QED) is 0.709. The minimum absolute atomic E-state index is 0.127. The molecule has 0 aliphatic carbocycles. The summed E-state index contributed by atoms with van der Waals surface area (Å²) in [6.45, 7) is 5.88. The van der Waals surface area contributed by atoms with E-state index in [0.717, 1.165) is 5.75 Å². The first-order chi connectivity index (χ1) is 14.0. The third-order valence-corrected chi connectivity index (χ3v) is 6.77. The summed E-state index contributed by atoms with van der Waals surface area (Å²) in [4.78, 5) is 14.7. The normalized spacial score (nSPS) is 15.8. The van der Waals surface area contributed by atoms with E-state index in [1.807, 2.05) is 6.92 Å². The minimum Gasteiger partial charge on any atom is -0.494 e. The van der Waals surface area contributed by atoms with Crippen molar-refractivity contribution in [3.63, 3.8) is 0 Å². The van der Waals surface area contributed by atoms with Gasteiger partial charge in [-0.05, 0) is 43.3 Å². The number of carbonyl (C=O) groups excluding carboxylic acids is 1. The van der Waals surface area contributed by atoms with Crippen LogP contribution in [0.25, 0.3) is 0 Å². The number of nitrogens with one attached hydrogen (secondary N) is 1. The molecule has 0 spiro atoms. The Labute approximate surface area is 172 Å². The Morgan fingerprint density at radius 2 is 1.66 bits per heavy atom.